The molecule has 0 atom stereocenters. The number of aromatic amines is 1. The lowest BCUT2D eigenvalue weighted by Gasteiger charge is -2.06. The molecule has 0 saturated heterocycles. The van der Waals surface area contributed by atoms with Gasteiger partial charge in [0.1, 0.15) is 10.7 Å². The average molecular weight is 450 g/mol. The van der Waals surface area contributed by atoms with Crippen molar-refractivity contribution in [1.29, 1.82) is 0 Å². The van der Waals surface area contributed by atoms with Gasteiger partial charge in [-0.1, -0.05) is 60.7 Å². The molecule has 0 radical (unpaired) electrons. The maximum atomic E-state index is 12.7. The number of nitrogens with one attached hydrogen (secondary N) is 2. The van der Waals surface area contributed by atoms with Crippen LogP contribution in [0.1, 0.15) is 17.8 Å². The summed E-state index contributed by atoms with van der Waals surface area (Å²) in [5.74, 6) is 1.43. The molecule has 4 aromatic rings. The molecule has 4 rings (SSSR count). The van der Waals surface area contributed by atoms with E-state index in [2.05, 4.69) is 27.4 Å². The van der Waals surface area contributed by atoms with Crippen LogP contribution in [-0.2, 0) is 17.0 Å². The molecule has 0 unspecified atom stereocenters. The van der Waals surface area contributed by atoms with Crippen molar-refractivity contribution in [3.8, 4) is 11.1 Å². The Kier molecular flexibility index (Phi) is 7.17. The van der Waals surface area contributed by atoms with E-state index in [4.69, 9.17) is 0 Å². The predicted molar refractivity (Wildman–Crippen MR) is 130 cm³/mol. The Labute approximate surface area is 188 Å². The van der Waals surface area contributed by atoms with Gasteiger partial charge in [0.2, 0.25) is 5.91 Å². The number of nitrogens with zero attached hydrogens (tertiary/aromatic N) is 1. The van der Waals surface area contributed by atoms with E-state index in [1.165, 1.54) is 28.7 Å². The Morgan fingerprint density at radius 3 is 2.58 bits per heavy atom. The van der Waals surface area contributed by atoms with E-state index in [0.29, 0.717) is 29.3 Å². The van der Waals surface area contributed by atoms with Gasteiger partial charge in [-0.2, -0.15) is 0 Å². The molecule has 2 N–H and O–H groups in total. The van der Waals surface area contributed by atoms with Crippen LogP contribution < -0.4 is 10.9 Å². The van der Waals surface area contributed by atoms with Crippen molar-refractivity contribution in [3.05, 3.63) is 87.8 Å². The lowest BCUT2D eigenvalue weighted by atomic mass is 10.1. The second kappa shape index (κ2) is 10.4. The number of benzene rings is 2. The van der Waals surface area contributed by atoms with Crippen molar-refractivity contribution >= 4 is 39.2 Å². The summed E-state index contributed by atoms with van der Waals surface area (Å²) in [5, 5.41) is 5.55. The number of rotatable bonds is 9. The first-order valence-corrected chi connectivity index (χ1v) is 12.2. The smallest absolute Gasteiger partial charge is 0.260 e. The van der Waals surface area contributed by atoms with Crippen LogP contribution >= 0.6 is 23.1 Å². The average Bonchev–Trinajstić information content (AvgIpc) is 3.23. The van der Waals surface area contributed by atoms with Gasteiger partial charge in [0, 0.05) is 17.5 Å². The minimum atomic E-state index is -0.133. The fourth-order valence-electron chi connectivity index (χ4n) is 3.35. The highest BCUT2D eigenvalue weighted by atomic mass is 32.2. The van der Waals surface area contributed by atoms with Crippen molar-refractivity contribution in [3.63, 3.8) is 0 Å². The van der Waals surface area contributed by atoms with E-state index in [9.17, 15) is 9.59 Å². The zero-order valence-corrected chi connectivity index (χ0v) is 18.6. The number of carbonyl (C=O) groups is 1. The third-order valence-corrected chi connectivity index (χ3v) is 6.67. The van der Waals surface area contributed by atoms with Crippen molar-refractivity contribution in [1.82, 2.24) is 15.3 Å². The van der Waals surface area contributed by atoms with Gasteiger partial charge in [-0.05, 0) is 24.0 Å². The largest absolute Gasteiger partial charge is 0.355 e. The molecule has 31 heavy (non-hydrogen) atoms. The minimum absolute atomic E-state index is 0.00368. The fraction of sp³-hybridized carbons (Fsp3) is 0.208. The summed E-state index contributed by atoms with van der Waals surface area (Å²) < 4.78 is 0. The molecule has 158 valence electrons. The van der Waals surface area contributed by atoms with E-state index in [0.717, 1.165) is 28.8 Å². The highest BCUT2D eigenvalue weighted by Crippen LogP contribution is 2.30. The number of thiophene rings is 1. The van der Waals surface area contributed by atoms with Crippen LogP contribution in [0.2, 0.25) is 0 Å². The molecular formula is C24H23N3O2S2. The van der Waals surface area contributed by atoms with Crippen LogP contribution in [0.4, 0.5) is 0 Å². The van der Waals surface area contributed by atoms with Crippen molar-refractivity contribution in [2.75, 3.05) is 12.3 Å². The molecular weight excluding hydrogens is 426 g/mol. The summed E-state index contributed by atoms with van der Waals surface area (Å²) in [6, 6.07) is 20.1. The lowest BCUT2D eigenvalue weighted by Crippen LogP contribution is -2.26. The molecule has 1 amide bonds. The van der Waals surface area contributed by atoms with Gasteiger partial charge in [0.05, 0.1) is 16.9 Å². The molecule has 5 nitrogen and oxygen atoms in total. The Hall–Kier alpha value is -2.90. The van der Waals surface area contributed by atoms with Crippen molar-refractivity contribution < 1.29 is 4.79 Å². The maximum Gasteiger partial charge on any atom is 0.260 e. The van der Waals surface area contributed by atoms with E-state index < -0.39 is 0 Å². The maximum absolute atomic E-state index is 12.7. The summed E-state index contributed by atoms with van der Waals surface area (Å²) in [6.45, 7) is 0.660. The molecule has 2 heterocycles. The summed E-state index contributed by atoms with van der Waals surface area (Å²) in [5.41, 5.74) is 3.06. The van der Waals surface area contributed by atoms with Crippen LogP contribution in [-0.4, -0.2) is 28.2 Å². The van der Waals surface area contributed by atoms with Crippen LogP contribution in [0.25, 0.3) is 21.3 Å². The number of aromatic nitrogens is 2. The summed E-state index contributed by atoms with van der Waals surface area (Å²) in [4.78, 5) is 32.9. The minimum Gasteiger partial charge on any atom is -0.355 e. The number of fused-ring (bicyclic) bond motifs is 1. The second-order valence-electron chi connectivity index (χ2n) is 7.14. The van der Waals surface area contributed by atoms with Gasteiger partial charge in [-0.3, -0.25) is 9.59 Å². The standard InChI is InChI=1S/C24H23N3O2S2/c28-21(25-13-7-10-17-8-3-1-4-9-17)16-30-15-20-26-23(29)22-19(14-31-24(22)27-20)18-11-5-2-6-12-18/h1-6,8-9,11-12,14H,7,10,13,15-16H2,(H,25,28)(H,26,27,29). The number of amides is 1. The summed E-state index contributed by atoms with van der Waals surface area (Å²) in [7, 11) is 0. The zero-order valence-electron chi connectivity index (χ0n) is 17.0. The number of carbonyl (C=O) groups excluding carboxylic acids is 1. The van der Waals surface area contributed by atoms with E-state index in [1.807, 2.05) is 53.9 Å². The fourth-order valence-corrected chi connectivity index (χ4v) is 5.03. The second-order valence-corrected chi connectivity index (χ2v) is 8.98. The van der Waals surface area contributed by atoms with Gasteiger partial charge in [0.15, 0.2) is 0 Å². The van der Waals surface area contributed by atoms with E-state index in [-0.39, 0.29) is 11.5 Å². The first kappa shape index (κ1) is 21.3. The number of aryl methyl sites for hydroxylation is 1. The molecule has 0 saturated carbocycles. The van der Waals surface area contributed by atoms with Gasteiger partial charge < -0.3 is 10.3 Å². The van der Waals surface area contributed by atoms with Gasteiger partial charge in [-0.15, -0.1) is 23.1 Å². The number of hydrogen-bond donors (Lipinski definition) is 2. The molecule has 0 bridgehead atoms. The Morgan fingerprint density at radius 2 is 1.81 bits per heavy atom. The number of H-pyrrole nitrogens is 1. The molecule has 2 aromatic carbocycles. The van der Waals surface area contributed by atoms with E-state index >= 15 is 0 Å². The van der Waals surface area contributed by atoms with Gasteiger partial charge in [0.25, 0.3) is 5.56 Å². The first-order valence-electron chi connectivity index (χ1n) is 10.1. The van der Waals surface area contributed by atoms with E-state index in [1.54, 1.807) is 0 Å². The highest BCUT2D eigenvalue weighted by molar-refractivity contribution is 7.99. The van der Waals surface area contributed by atoms with Gasteiger partial charge in [-0.25, -0.2) is 4.98 Å². The van der Waals surface area contributed by atoms with Crippen LogP contribution in [0.5, 0.6) is 0 Å². The summed E-state index contributed by atoms with van der Waals surface area (Å²) in [6.07, 6.45) is 1.86. The lowest BCUT2D eigenvalue weighted by molar-refractivity contribution is -0.118. The molecule has 2 aromatic heterocycles. The van der Waals surface area contributed by atoms with Crippen molar-refractivity contribution in [2.24, 2.45) is 0 Å². The predicted octanol–water partition coefficient (Wildman–Crippen LogP) is 4.63. The third-order valence-electron chi connectivity index (χ3n) is 4.86. The normalized spacial score (nSPS) is 11.0. The van der Waals surface area contributed by atoms with Crippen molar-refractivity contribution in [2.45, 2.75) is 18.6 Å². The summed E-state index contributed by atoms with van der Waals surface area (Å²) >= 11 is 2.92. The van der Waals surface area contributed by atoms with Crippen LogP contribution in [0.15, 0.2) is 70.8 Å². The molecule has 0 aliphatic heterocycles. The highest BCUT2D eigenvalue weighted by Gasteiger charge is 2.13. The SMILES string of the molecule is O=C(CSCc1nc2scc(-c3ccccc3)c2c(=O)[nH]1)NCCCc1ccccc1. The Morgan fingerprint density at radius 1 is 1.06 bits per heavy atom. The molecule has 0 aliphatic carbocycles. The number of thioether (sulfide) groups is 1. The molecule has 0 spiro atoms. The number of hydrogen-bond acceptors (Lipinski definition) is 5. The van der Waals surface area contributed by atoms with Crippen LogP contribution in [0, 0.1) is 0 Å². The third kappa shape index (κ3) is 5.62. The molecule has 0 aliphatic rings. The monoisotopic (exact) mass is 449 g/mol. The zero-order chi connectivity index (χ0) is 21.5. The molecule has 7 heteroatoms. The first-order chi connectivity index (χ1) is 15.2. The van der Waals surface area contributed by atoms with Gasteiger partial charge >= 0.3 is 0 Å². The topological polar surface area (TPSA) is 74.8 Å². The quantitative estimate of drug-likeness (QED) is 0.365. The Bertz CT molecular complexity index is 1200. The van der Waals surface area contributed by atoms with Crippen LogP contribution in [0.3, 0.4) is 0 Å². The Balaban J connectivity index is 1.27. The molecule has 0 fully saturated rings.